The Morgan fingerprint density at radius 2 is 1.91 bits per heavy atom. The maximum atomic E-state index is 12.1. The van der Waals surface area contributed by atoms with Crippen LogP contribution < -0.4 is 15.4 Å². The summed E-state index contributed by atoms with van der Waals surface area (Å²) in [6.07, 6.45) is 0.799. The first-order chi connectivity index (χ1) is 11.1. The first-order valence-corrected chi connectivity index (χ1v) is 7.82. The molecule has 0 fully saturated rings. The summed E-state index contributed by atoms with van der Waals surface area (Å²) < 4.78 is 5.13. The maximum Gasteiger partial charge on any atom is 0.242 e. The zero-order valence-electron chi connectivity index (χ0n) is 13.9. The highest BCUT2D eigenvalue weighted by molar-refractivity contribution is 5.84. The Hall–Kier alpha value is -2.49. The van der Waals surface area contributed by atoms with Gasteiger partial charge in [-0.2, -0.15) is 0 Å². The highest BCUT2D eigenvalue weighted by Gasteiger charge is 2.11. The molecule has 2 aromatic carbocycles. The summed E-state index contributed by atoms with van der Waals surface area (Å²) in [7, 11) is 1.65. The molecule has 4 heteroatoms. The normalized spacial score (nSPS) is 11.6. The zero-order chi connectivity index (χ0) is 16.7. The van der Waals surface area contributed by atoms with E-state index in [1.54, 1.807) is 7.11 Å². The molecule has 0 bridgehead atoms. The monoisotopic (exact) mass is 312 g/mol. The largest absolute Gasteiger partial charge is 0.497 e. The van der Waals surface area contributed by atoms with Gasteiger partial charge in [0.05, 0.1) is 7.11 Å². The Labute approximate surface area is 137 Å². The van der Waals surface area contributed by atoms with Gasteiger partial charge in [0.15, 0.2) is 0 Å². The minimum Gasteiger partial charge on any atom is -0.497 e. The molecule has 0 saturated heterocycles. The maximum absolute atomic E-state index is 12.1. The van der Waals surface area contributed by atoms with E-state index in [1.807, 2.05) is 62.4 Å². The first-order valence-electron chi connectivity index (χ1n) is 7.82. The molecule has 2 aromatic rings. The van der Waals surface area contributed by atoms with Crippen molar-refractivity contribution in [2.75, 3.05) is 19.0 Å². The third-order valence-electron chi connectivity index (χ3n) is 3.67. The molecule has 0 aliphatic heterocycles. The summed E-state index contributed by atoms with van der Waals surface area (Å²) in [5, 5.41) is 6.18. The molecule has 1 amide bonds. The number of nitrogens with one attached hydrogen (secondary N) is 2. The van der Waals surface area contributed by atoms with E-state index < -0.39 is 0 Å². The summed E-state index contributed by atoms with van der Waals surface area (Å²) in [6.45, 7) is 4.51. The number of benzene rings is 2. The topological polar surface area (TPSA) is 50.4 Å². The van der Waals surface area contributed by atoms with Gasteiger partial charge in [-0.3, -0.25) is 4.79 Å². The SMILES string of the molecule is COc1ccc(CCNC(=O)[C@@H](C)Nc2cccc(C)c2)cc1. The van der Waals surface area contributed by atoms with E-state index in [-0.39, 0.29) is 11.9 Å². The van der Waals surface area contributed by atoms with Crippen LogP contribution in [-0.2, 0) is 11.2 Å². The van der Waals surface area contributed by atoms with Crippen molar-refractivity contribution in [2.24, 2.45) is 0 Å². The Balaban J connectivity index is 1.77. The molecule has 0 unspecified atom stereocenters. The Morgan fingerprint density at radius 3 is 2.57 bits per heavy atom. The van der Waals surface area contributed by atoms with E-state index in [9.17, 15) is 4.79 Å². The van der Waals surface area contributed by atoms with Gasteiger partial charge < -0.3 is 15.4 Å². The van der Waals surface area contributed by atoms with Gasteiger partial charge in [0.25, 0.3) is 0 Å². The van der Waals surface area contributed by atoms with Crippen LogP contribution in [0, 0.1) is 6.92 Å². The lowest BCUT2D eigenvalue weighted by Gasteiger charge is -2.15. The van der Waals surface area contributed by atoms with Crippen molar-refractivity contribution in [3.8, 4) is 5.75 Å². The molecule has 23 heavy (non-hydrogen) atoms. The van der Waals surface area contributed by atoms with Crippen molar-refractivity contribution in [3.05, 3.63) is 59.7 Å². The average molecular weight is 312 g/mol. The second-order valence-corrected chi connectivity index (χ2v) is 5.62. The van der Waals surface area contributed by atoms with Gasteiger partial charge in [-0.15, -0.1) is 0 Å². The molecule has 0 aromatic heterocycles. The molecular weight excluding hydrogens is 288 g/mol. The number of ether oxygens (including phenoxy) is 1. The zero-order valence-corrected chi connectivity index (χ0v) is 13.9. The lowest BCUT2D eigenvalue weighted by molar-refractivity contribution is -0.121. The molecule has 0 radical (unpaired) electrons. The van der Waals surface area contributed by atoms with Crippen molar-refractivity contribution < 1.29 is 9.53 Å². The van der Waals surface area contributed by atoms with Crippen molar-refractivity contribution in [3.63, 3.8) is 0 Å². The molecule has 0 aliphatic carbocycles. The molecule has 4 nitrogen and oxygen atoms in total. The quantitative estimate of drug-likeness (QED) is 0.825. The van der Waals surface area contributed by atoms with Crippen LogP contribution in [0.1, 0.15) is 18.1 Å². The molecule has 1 atom stereocenters. The van der Waals surface area contributed by atoms with Crippen LogP contribution in [0.4, 0.5) is 5.69 Å². The van der Waals surface area contributed by atoms with Gasteiger partial charge in [-0.25, -0.2) is 0 Å². The van der Waals surface area contributed by atoms with E-state index in [2.05, 4.69) is 10.6 Å². The third kappa shape index (κ3) is 5.33. The number of methoxy groups -OCH3 is 1. The molecule has 0 saturated carbocycles. The van der Waals surface area contributed by atoms with E-state index >= 15 is 0 Å². The second-order valence-electron chi connectivity index (χ2n) is 5.62. The number of amides is 1. The fourth-order valence-corrected chi connectivity index (χ4v) is 2.33. The van der Waals surface area contributed by atoms with E-state index in [1.165, 1.54) is 11.1 Å². The summed E-state index contributed by atoms with van der Waals surface area (Å²) in [4.78, 5) is 12.1. The molecule has 2 rings (SSSR count). The molecule has 0 heterocycles. The van der Waals surface area contributed by atoms with Gasteiger partial charge >= 0.3 is 0 Å². The fourth-order valence-electron chi connectivity index (χ4n) is 2.33. The van der Waals surface area contributed by atoms with Gasteiger partial charge in [0, 0.05) is 12.2 Å². The number of hydrogen-bond donors (Lipinski definition) is 2. The summed E-state index contributed by atoms with van der Waals surface area (Å²) in [5.41, 5.74) is 3.30. The van der Waals surface area contributed by atoms with Gasteiger partial charge in [0.1, 0.15) is 11.8 Å². The number of hydrogen-bond acceptors (Lipinski definition) is 3. The van der Waals surface area contributed by atoms with Gasteiger partial charge in [-0.05, 0) is 55.7 Å². The Morgan fingerprint density at radius 1 is 1.17 bits per heavy atom. The van der Waals surface area contributed by atoms with Crippen molar-refractivity contribution in [2.45, 2.75) is 26.3 Å². The minimum absolute atomic E-state index is 0.0000165. The average Bonchev–Trinajstić information content (AvgIpc) is 2.55. The van der Waals surface area contributed by atoms with Crippen LogP contribution in [-0.4, -0.2) is 25.6 Å². The molecule has 122 valence electrons. The standard InChI is InChI=1S/C19H24N2O2/c1-14-5-4-6-17(13-14)21-15(2)19(22)20-12-11-16-7-9-18(23-3)10-8-16/h4-10,13,15,21H,11-12H2,1-3H3,(H,20,22)/t15-/m1/s1. The summed E-state index contributed by atoms with van der Waals surface area (Å²) >= 11 is 0. The van der Waals surface area contributed by atoms with Crippen LogP contribution in [0.5, 0.6) is 5.75 Å². The van der Waals surface area contributed by atoms with Crippen LogP contribution in [0.2, 0.25) is 0 Å². The molecule has 0 aliphatic rings. The van der Waals surface area contributed by atoms with Crippen LogP contribution in [0.15, 0.2) is 48.5 Å². The van der Waals surface area contributed by atoms with Crippen molar-refractivity contribution in [1.29, 1.82) is 0 Å². The van der Waals surface area contributed by atoms with Gasteiger partial charge in [0.2, 0.25) is 5.91 Å². The Kier molecular flexibility index (Phi) is 6.03. The van der Waals surface area contributed by atoms with E-state index in [0.717, 1.165) is 17.9 Å². The number of aryl methyl sites for hydroxylation is 1. The van der Waals surface area contributed by atoms with Gasteiger partial charge in [-0.1, -0.05) is 24.3 Å². The number of carbonyl (C=O) groups excluding carboxylic acids is 1. The van der Waals surface area contributed by atoms with E-state index in [0.29, 0.717) is 6.54 Å². The number of rotatable bonds is 7. The lowest BCUT2D eigenvalue weighted by atomic mass is 10.1. The lowest BCUT2D eigenvalue weighted by Crippen LogP contribution is -2.38. The fraction of sp³-hybridized carbons (Fsp3) is 0.316. The summed E-state index contributed by atoms with van der Waals surface area (Å²) in [6, 6.07) is 15.6. The molecule has 2 N–H and O–H groups in total. The van der Waals surface area contributed by atoms with Crippen LogP contribution in [0.3, 0.4) is 0 Å². The van der Waals surface area contributed by atoms with Crippen molar-refractivity contribution in [1.82, 2.24) is 5.32 Å². The van der Waals surface area contributed by atoms with Crippen LogP contribution >= 0.6 is 0 Å². The first kappa shape index (κ1) is 16.9. The number of anilines is 1. The Bertz CT molecular complexity index is 638. The number of carbonyl (C=O) groups is 1. The second kappa shape index (κ2) is 8.22. The predicted molar refractivity (Wildman–Crippen MR) is 94.0 cm³/mol. The molecular formula is C19H24N2O2. The highest BCUT2D eigenvalue weighted by Crippen LogP contribution is 2.12. The van der Waals surface area contributed by atoms with Crippen LogP contribution in [0.25, 0.3) is 0 Å². The summed E-state index contributed by atoms with van der Waals surface area (Å²) in [5.74, 6) is 0.841. The minimum atomic E-state index is -0.271. The van der Waals surface area contributed by atoms with E-state index in [4.69, 9.17) is 4.74 Å². The third-order valence-corrected chi connectivity index (χ3v) is 3.67. The highest BCUT2D eigenvalue weighted by atomic mass is 16.5. The predicted octanol–water partition coefficient (Wildman–Crippen LogP) is 3.16. The molecule has 0 spiro atoms. The van der Waals surface area contributed by atoms with Crippen molar-refractivity contribution >= 4 is 11.6 Å². The smallest absolute Gasteiger partial charge is 0.242 e.